The molecule has 4 aliphatic rings. The Morgan fingerprint density at radius 3 is 2.91 bits per heavy atom. The summed E-state index contributed by atoms with van der Waals surface area (Å²) >= 11 is 0. The Morgan fingerprint density at radius 1 is 1.22 bits per heavy atom. The second kappa shape index (κ2) is 6.01. The van der Waals surface area contributed by atoms with Gasteiger partial charge in [-0.15, -0.1) is 0 Å². The first-order valence-corrected chi connectivity index (χ1v) is 9.30. The van der Waals surface area contributed by atoms with Gasteiger partial charge >= 0.3 is 5.97 Å². The monoisotopic (exact) mass is 324 g/mol. The Labute approximate surface area is 138 Å². The molecule has 4 heterocycles. The molecule has 23 heavy (non-hydrogen) atoms. The van der Waals surface area contributed by atoms with Crippen molar-refractivity contribution in [3.8, 4) is 0 Å². The summed E-state index contributed by atoms with van der Waals surface area (Å²) in [6.45, 7) is 4.39. The number of carbonyl (C=O) groups is 1. The molecule has 5 nitrogen and oxygen atoms in total. The van der Waals surface area contributed by atoms with Crippen LogP contribution in [-0.2, 0) is 23.7 Å². The van der Waals surface area contributed by atoms with E-state index in [0.717, 1.165) is 32.1 Å². The number of esters is 1. The van der Waals surface area contributed by atoms with Gasteiger partial charge < -0.3 is 18.9 Å². The summed E-state index contributed by atoms with van der Waals surface area (Å²) in [5, 5.41) is 0. The minimum Gasteiger partial charge on any atom is -0.457 e. The summed E-state index contributed by atoms with van der Waals surface area (Å²) < 4.78 is 23.9. The quantitative estimate of drug-likeness (QED) is 0.452. The zero-order valence-corrected chi connectivity index (χ0v) is 14.2. The third-order valence-corrected chi connectivity index (χ3v) is 5.93. The summed E-state index contributed by atoms with van der Waals surface area (Å²) in [5.74, 6) is -0.225. The second-order valence-electron chi connectivity index (χ2n) is 7.76. The Hall–Kier alpha value is -0.650. The molecule has 0 spiro atoms. The molecule has 0 amide bonds. The summed E-state index contributed by atoms with van der Waals surface area (Å²) in [6, 6.07) is 0. The fourth-order valence-corrected chi connectivity index (χ4v) is 4.47. The molecule has 0 unspecified atom stereocenters. The maximum atomic E-state index is 11.8. The van der Waals surface area contributed by atoms with Gasteiger partial charge in [-0.1, -0.05) is 26.2 Å². The van der Waals surface area contributed by atoms with E-state index < -0.39 is 0 Å². The molecule has 0 radical (unpaired) electrons. The highest BCUT2D eigenvalue weighted by molar-refractivity contribution is 5.79. The first-order chi connectivity index (χ1) is 11.1. The number of fused-ring (bicyclic) bond motifs is 4. The molecule has 0 saturated carbocycles. The molecule has 4 rings (SSSR count). The smallest absolute Gasteiger partial charge is 0.338 e. The molecule has 0 bridgehead atoms. The van der Waals surface area contributed by atoms with Gasteiger partial charge in [0.05, 0.1) is 17.8 Å². The Kier molecular flexibility index (Phi) is 4.14. The van der Waals surface area contributed by atoms with Crippen molar-refractivity contribution in [1.82, 2.24) is 0 Å². The summed E-state index contributed by atoms with van der Waals surface area (Å²) in [4.78, 5) is 11.8. The molecule has 0 aliphatic carbocycles. The van der Waals surface area contributed by atoms with Crippen molar-refractivity contribution in [3.05, 3.63) is 0 Å². The van der Waals surface area contributed by atoms with Crippen molar-refractivity contribution in [2.75, 3.05) is 0 Å². The van der Waals surface area contributed by atoms with Crippen LogP contribution in [0, 0.1) is 0 Å². The zero-order valence-electron chi connectivity index (χ0n) is 14.2. The SMILES string of the molecule is CCCCC[C@@H]1CCC[C@@]2(C)O[C@H]3[C@H]4O[C@H]4C(=O)O[C@@H]3C[C@@H]2O1. The predicted molar refractivity (Wildman–Crippen MR) is 83.1 cm³/mol. The third-order valence-electron chi connectivity index (χ3n) is 5.93. The number of epoxide rings is 1. The molecule has 0 aromatic heterocycles. The Balaban J connectivity index is 1.44. The molecule has 4 saturated heterocycles. The van der Waals surface area contributed by atoms with E-state index in [-0.39, 0.29) is 42.1 Å². The van der Waals surface area contributed by atoms with E-state index in [2.05, 4.69) is 13.8 Å². The summed E-state index contributed by atoms with van der Waals surface area (Å²) in [5.41, 5.74) is -0.277. The van der Waals surface area contributed by atoms with E-state index >= 15 is 0 Å². The fourth-order valence-electron chi connectivity index (χ4n) is 4.47. The van der Waals surface area contributed by atoms with E-state index in [1.54, 1.807) is 0 Å². The molecule has 7 atom stereocenters. The van der Waals surface area contributed by atoms with Crippen LogP contribution in [-0.4, -0.2) is 48.2 Å². The second-order valence-corrected chi connectivity index (χ2v) is 7.76. The number of hydrogen-bond donors (Lipinski definition) is 0. The van der Waals surface area contributed by atoms with Crippen LogP contribution < -0.4 is 0 Å². The highest BCUT2D eigenvalue weighted by Crippen LogP contribution is 2.47. The van der Waals surface area contributed by atoms with E-state index in [0.29, 0.717) is 6.10 Å². The van der Waals surface area contributed by atoms with Crippen LogP contribution in [0.2, 0.25) is 0 Å². The zero-order chi connectivity index (χ0) is 16.0. The summed E-state index contributed by atoms with van der Waals surface area (Å²) in [6.07, 6.45) is 8.38. The first kappa shape index (κ1) is 15.9. The Morgan fingerprint density at radius 2 is 2.09 bits per heavy atom. The molecular weight excluding hydrogens is 296 g/mol. The van der Waals surface area contributed by atoms with Gasteiger partial charge in [0.2, 0.25) is 0 Å². The molecule has 130 valence electrons. The molecule has 4 fully saturated rings. The summed E-state index contributed by atoms with van der Waals surface area (Å²) in [7, 11) is 0. The molecule has 0 aromatic carbocycles. The largest absolute Gasteiger partial charge is 0.457 e. The molecule has 0 N–H and O–H groups in total. The lowest BCUT2D eigenvalue weighted by Gasteiger charge is -2.47. The maximum Gasteiger partial charge on any atom is 0.338 e. The van der Waals surface area contributed by atoms with Gasteiger partial charge in [0.15, 0.2) is 6.10 Å². The number of unbranched alkanes of at least 4 members (excludes halogenated alkanes) is 2. The van der Waals surface area contributed by atoms with Crippen molar-refractivity contribution in [2.24, 2.45) is 0 Å². The van der Waals surface area contributed by atoms with E-state index in [9.17, 15) is 4.79 Å². The van der Waals surface area contributed by atoms with Gasteiger partial charge in [0.1, 0.15) is 18.3 Å². The van der Waals surface area contributed by atoms with Crippen LogP contribution in [0.25, 0.3) is 0 Å². The number of hydrogen-bond acceptors (Lipinski definition) is 5. The van der Waals surface area contributed by atoms with Gasteiger partial charge in [-0.05, 0) is 32.6 Å². The highest BCUT2D eigenvalue weighted by Gasteiger charge is 2.64. The topological polar surface area (TPSA) is 57.3 Å². The lowest BCUT2D eigenvalue weighted by molar-refractivity contribution is -0.249. The molecule has 0 aromatic rings. The van der Waals surface area contributed by atoms with Gasteiger partial charge in [-0.3, -0.25) is 0 Å². The van der Waals surface area contributed by atoms with Crippen molar-refractivity contribution >= 4 is 5.97 Å². The lowest BCUT2D eigenvalue weighted by atomic mass is 9.83. The normalized spacial score (nSPS) is 48.5. The standard InChI is InChI=1S/C18H28O5/c1-3-4-5-7-11-8-6-9-18(2)13(20-11)10-12-14(23-18)15-16(22-15)17(19)21-12/h11-16H,3-10H2,1-2H3/t11-,12-,13+,14-,15-,16-,18-/m1/s1. The molecule has 4 aliphatic heterocycles. The average Bonchev–Trinajstić information content (AvgIpc) is 3.31. The van der Waals surface area contributed by atoms with Crippen LogP contribution >= 0.6 is 0 Å². The maximum absolute atomic E-state index is 11.8. The molecule has 5 heteroatoms. The van der Waals surface area contributed by atoms with Crippen LogP contribution in [0.5, 0.6) is 0 Å². The predicted octanol–water partition coefficient (Wildman–Crippen LogP) is 2.74. The van der Waals surface area contributed by atoms with Gasteiger partial charge in [-0.25, -0.2) is 4.79 Å². The van der Waals surface area contributed by atoms with Gasteiger partial charge in [-0.2, -0.15) is 0 Å². The minimum absolute atomic E-state index is 0.0148. The Bertz CT molecular complexity index is 466. The van der Waals surface area contributed by atoms with Crippen LogP contribution in [0.4, 0.5) is 0 Å². The van der Waals surface area contributed by atoms with Gasteiger partial charge in [0, 0.05) is 6.42 Å². The van der Waals surface area contributed by atoms with Crippen molar-refractivity contribution in [3.63, 3.8) is 0 Å². The van der Waals surface area contributed by atoms with Crippen molar-refractivity contribution < 1.29 is 23.7 Å². The van der Waals surface area contributed by atoms with E-state index in [4.69, 9.17) is 18.9 Å². The average molecular weight is 324 g/mol. The lowest BCUT2D eigenvalue weighted by Crippen LogP contribution is -2.60. The van der Waals surface area contributed by atoms with Gasteiger partial charge in [0.25, 0.3) is 0 Å². The first-order valence-electron chi connectivity index (χ1n) is 9.30. The highest BCUT2D eigenvalue weighted by atomic mass is 16.7. The van der Waals surface area contributed by atoms with Crippen LogP contribution in [0.3, 0.4) is 0 Å². The van der Waals surface area contributed by atoms with Crippen LogP contribution in [0.15, 0.2) is 0 Å². The van der Waals surface area contributed by atoms with Crippen molar-refractivity contribution in [2.45, 2.75) is 107 Å². The van der Waals surface area contributed by atoms with Crippen molar-refractivity contribution in [1.29, 1.82) is 0 Å². The number of carbonyl (C=O) groups excluding carboxylic acids is 1. The molecular formula is C18H28O5. The number of rotatable bonds is 4. The minimum atomic E-state index is -0.384. The fraction of sp³-hybridized carbons (Fsp3) is 0.944. The van der Waals surface area contributed by atoms with Crippen LogP contribution in [0.1, 0.15) is 65.2 Å². The van der Waals surface area contributed by atoms with E-state index in [1.807, 2.05) is 0 Å². The van der Waals surface area contributed by atoms with E-state index in [1.165, 1.54) is 19.3 Å². The third kappa shape index (κ3) is 2.92. The number of ether oxygens (including phenoxy) is 4.